The molecule has 0 fully saturated rings. The Hall–Kier alpha value is -4.85. The Balaban J connectivity index is 1.23. The van der Waals surface area contributed by atoms with Crippen LogP contribution in [0.5, 0.6) is 11.5 Å². The number of aromatic amines is 1. The first kappa shape index (κ1) is 26.7. The predicted molar refractivity (Wildman–Crippen MR) is 155 cm³/mol. The highest BCUT2D eigenvalue weighted by Gasteiger charge is 2.18. The lowest BCUT2D eigenvalue weighted by Crippen LogP contribution is -2.46. The summed E-state index contributed by atoms with van der Waals surface area (Å²) in [5.41, 5.74) is 3.86. The van der Waals surface area contributed by atoms with Crippen LogP contribution in [0.15, 0.2) is 91.3 Å². The van der Waals surface area contributed by atoms with E-state index in [-0.39, 0.29) is 31.0 Å². The van der Waals surface area contributed by atoms with Gasteiger partial charge in [-0.15, -0.1) is 0 Å². The van der Waals surface area contributed by atoms with Crippen LogP contribution in [0.2, 0.25) is 0 Å². The lowest BCUT2D eigenvalue weighted by molar-refractivity contribution is -0.125. The molecule has 8 heteroatoms. The highest BCUT2D eigenvalue weighted by Crippen LogP contribution is 2.24. The smallest absolute Gasteiger partial charge is 0.258 e. The number of benzene rings is 3. The lowest BCUT2D eigenvalue weighted by atomic mass is 10.0. The van der Waals surface area contributed by atoms with Gasteiger partial charge in [-0.25, -0.2) is 0 Å². The number of para-hydroxylation sites is 2. The first-order valence-corrected chi connectivity index (χ1v) is 13.3. The van der Waals surface area contributed by atoms with Crippen LogP contribution in [0, 0.1) is 0 Å². The number of fused-ring (bicyclic) bond motifs is 2. The van der Waals surface area contributed by atoms with Crippen molar-refractivity contribution in [3.63, 3.8) is 0 Å². The van der Waals surface area contributed by atoms with Crippen LogP contribution in [0.25, 0.3) is 21.8 Å². The molecule has 8 nitrogen and oxygen atoms in total. The number of hydrogen-bond donors (Lipinski definition) is 3. The molecule has 1 unspecified atom stereocenters. The third-order valence-electron chi connectivity index (χ3n) is 6.83. The maximum absolute atomic E-state index is 13.0. The van der Waals surface area contributed by atoms with Gasteiger partial charge < -0.3 is 25.1 Å². The molecule has 204 valence electrons. The Kier molecular flexibility index (Phi) is 8.56. The van der Waals surface area contributed by atoms with Crippen LogP contribution in [-0.2, 0) is 22.4 Å². The maximum Gasteiger partial charge on any atom is 0.258 e. The maximum atomic E-state index is 13.0. The van der Waals surface area contributed by atoms with E-state index in [9.17, 15) is 9.59 Å². The molecule has 5 aromatic rings. The monoisotopic (exact) mass is 536 g/mol. The molecule has 0 bridgehead atoms. The molecule has 40 heavy (non-hydrogen) atoms. The molecule has 3 aromatic carbocycles. The minimum atomic E-state index is -0.334. The molecular formula is C32H32N4O4. The van der Waals surface area contributed by atoms with E-state index in [4.69, 9.17) is 9.47 Å². The number of amides is 2. The van der Waals surface area contributed by atoms with Crippen LogP contribution in [0.1, 0.15) is 17.5 Å². The van der Waals surface area contributed by atoms with Crippen LogP contribution in [0.3, 0.4) is 0 Å². The van der Waals surface area contributed by atoms with E-state index in [2.05, 4.69) is 20.6 Å². The van der Waals surface area contributed by atoms with Gasteiger partial charge in [-0.1, -0.05) is 42.5 Å². The lowest BCUT2D eigenvalue weighted by Gasteiger charge is -2.20. The molecule has 2 amide bonds. The number of ether oxygens (including phenoxy) is 2. The molecule has 3 N–H and O–H groups in total. The zero-order valence-electron chi connectivity index (χ0n) is 22.4. The topological polar surface area (TPSA) is 105 Å². The SMILES string of the molecule is COc1ccccc1CCC(=O)NCC(Cc1c[nH]c2ccccc12)NC(=O)COc1cccc2ncccc12. The number of aromatic nitrogens is 2. The van der Waals surface area contributed by atoms with Gasteiger partial charge in [0, 0.05) is 41.6 Å². The molecule has 5 rings (SSSR count). The molecule has 2 aromatic heterocycles. The molecule has 0 spiro atoms. The summed E-state index contributed by atoms with van der Waals surface area (Å²) in [6.45, 7) is 0.133. The summed E-state index contributed by atoms with van der Waals surface area (Å²) in [4.78, 5) is 33.4. The number of rotatable bonds is 12. The summed E-state index contributed by atoms with van der Waals surface area (Å²) in [5, 5.41) is 7.99. The fraction of sp³-hybridized carbons (Fsp3) is 0.219. The Morgan fingerprint density at radius 2 is 1.68 bits per heavy atom. The number of hydrogen-bond acceptors (Lipinski definition) is 5. The highest BCUT2D eigenvalue weighted by molar-refractivity contribution is 5.86. The van der Waals surface area contributed by atoms with E-state index in [1.165, 1.54) is 0 Å². The van der Waals surface area contributed by atoms with Crippen LogP contribution >= 0.6 is 0 Å². The van der Waals surface area contributed by atoms with E-state index in [0.29, 0.717) is 25.0 Å². The van der Waals surface area contributed by atoms with E-state index < -0.39 is 0 Å². The molecule has 0 radical (unpaired) electrons. The molecular weight excluding hydrogens is 504 g/mol. The van der Waals surface area contributed by atoms with Crippen molar-refractivity contribution in [2.24, 2.45) is 0 Å². The summed E-state index contributed by atoms with van der Waals surface area (Å²) in [6.07, 6.45) is 5.09. The first-order valence-electron chi connectivity index (χ1n) is 13.3. The minimum Gasteiger partial charge on any atom is -0.496 e. The Bertz CT molecular complexity index is 1610. The molecule has 0 saturated carbocycles. The number of carbonyl (C=O) groups is 2. The second-order valence-corrected chi connectivity index (χ2v) is 9.56. The molecule has 0 aliphatic heterocycles. The summed E-state index contributed by atoms with van der Waals surface area (Å²) in [6, 6.07) is 24.7. The second-order valence-electron chi connectivity index (χ2n) is 9.56. The van der Waals surface area contributed by atoms with Gasteiger partial charge in [-0.3, -0.25) is 14.6 Å². The van der Waals surface area contributed by atoms with Crippen molar-refractivity contribution in [1.82, 2.24) is 20.6 Å². The molecule has 1 atom stereocenters. The van der Waals surface area contributed by atoms with E-state index >= 15 is 0 Å². The van der Waals surface area contributed by atoms with Crippen molar-refractivity contribution in [2.45, 2.75) is 25.3 Å². The molecule has 0 aliphatic rings. The van der Waals surface area contributed by atoms with Crippen LogP contribution in [0.4, 0.5) is 0 Å². The Morgan fingerprint density at radius 1 is 0.875 bits per heavy atom. The van der Waals surface area contributed by atoms with Crippen molar-refractivity contribution in [3.05, 3.63) is 102 Å². The molecule has 0 saturated heterocycles. The summed E-state index contributed by atoms with van der Waals surface area (Å²) in [7, 11) is 1.62. The predicted octanol–water partition coefficient (Wildman–Crippen LogP) is 4.58. The largest absolute Gasteiger partial charge is 0.496 e. The highest BCUT2D eigenvalue weighted by atomic mass is 16.5. The quantitative estimate of drug-likeness (QED) is 0.217. The van der Waals surface area contributed by atoms with Gasteiger partial charge in [-0.2, -0.15) is 0 Å². The standard InChI is InChI=1S/C32H32N4O4/c1-39-29-13-5-2-8-22(29)15-16-31(37)35-20-24(18-23-19-34-27-11-4-3-9-25(23)27)36-32(38)21-40-30-14-6-12-28-26(30)10-7-17-33-28/h2-14,17,19,24,34H,15-16,18,20-21H2,1H3,(H,35,37)(H,36,38). The number of carbonyl (C=O) groups excluding carboxylic acids is 2. The minimum absolute atomic E-state index is 0.0939. The summed E-state index contributed by atoms with van der Waals surface area (Å²) >= 11 is 0. The number of pyridine rings is 1. The van der Waals surface area contributed by atoms with Crippen molar-refractivity contribution in [2.75, 3.05) is 20.3 Å². The Morgan fingerprint density at radius 3 is 2.58 bits per heavy atom. The number of H-pyrrole nitrogens is 1. The average molecular weight is 537 g/mol. The van der Waals surface area contributed by atoms with Gasteiger partial charge in [-0.05, 0) is 60.4 Å². The van der Waals surface area contributed by atoms with E-state index in [0.717, 1.165) is 38.7 Å². The molecule has 0 aliphatic carbocycles. The van der Waals surface area contributed by atoms with Gasteiger partial charge in [0.05, 0.1) is 18.7 Å². The number of methoxy groups -OCH3 is 1. The van der Waals surface area contributed by atoms with E-state index in [1.807, 2.05) is 85.1 Å². The van der Waals surface area contributed by atoms with Gasteiger partial charge >= 0.3 is 0 Å². The van der Waals surface area contributed by atoms with Crippen molar-refractivity contribution in [3.8, 4) is 11.5 Å². The van der Waals surface area contributed by atoms with Crippen molar-refractivity contribution >= 4 is 33.6 Å². The van der Waals surface area contributed by atoms with Gasteiger partial charge in [0.15, 0.2) is 6.61 Å². The van der Waals surface area contributed by atoms with E-state index in [1.54, 1.807) is 13.3 Å². The summed E-state index contributed by atoms with van der Waals surface area (Å²) < 4.78 is 11.3. The first-order chi connectivity index (χ1) is 19.6. The average Bonchev–Trinajstić information content (AvgIpc) is 3.40. The van der Waals surface area contributed by atoms with Gasteiger partial charge in [0.2, 0.25) is 5.91 Å². The van der Waals surface area contributed by atoms with Crippen LogP contribution < -0.4 is 20.1 Å². The summed E-state index contributed by atoms with van der Waals surface area (Å²) in [5.74, 6) is 0.998. The fourth-order valence-electron chi connectivity index (χ4n) is 4.84. The zero-order valence-corrected chi connectivity index (χ0v) is 22.4. The van der Waals surface area contributed by atoms with Gasteiger partial charge in [0.25, 0.3) is 5.91 Å². The third kappa shape index (κ3) is 6.58. The number of nitrogens with zero attached hydrogens (tertiary/aromatic N) is 1. The number of nitrogens with one attached hydrogen (secondary N) is 3. The van der Waals surface area contributed by atoms with Crippen LogP contribution in [-0.4, -0.2) is 48.1 Å². The van der Waals surface area contributed by atoms with Crippen molar-refractivity contribution in [1.29, 1.82) is 0 Å². The second kappa shape index (κ2) is 12.8. The number of aryl methyl sites for hydroxylation is 1. The Labute approximate surface area is 232 Å². The zero-order chi connectivity index (χ0) is 27.7. The normalized spacial score (nSPS) is 11.7. The fourth-order valence-corrected chi connectivity index (χ4v) is 4.84. The van der Waals surface area contributed by atoms with Crippen molar-refractivity contribution < 1.29 is 19.1 Å². The third-order valence-corrected chi connectivity index (χ3v) is 6.83. The molecule has 2 heterocycles. The van der Waals surface area contributed by atoms with Gasteiger partial charge in [0.1, 0.15) is 11.5 Å².